The summed E-state index contributed by atoms with van der Waals surface area (Å²) in [7, 11) is 0. The molecule has 1 radical (unpaired) electrons. The first-order chi connectivity index (χ1) is 8.42. The first-order valence-corrected chi connectivity index (χ1v) is 5.48. The molecule has 2 heteroatoms. The van der Waals surface area contributed by atoms with E-state index < -0.39 is 0 Å². The maximum atomic E-state index is 10.3. The minimum absolute atomic E-state index is 0.0194. The molecule has 0 unspecified atom stereocenters. The van der Waals surface area contributed by atoms with E-state index in [0.29, 0.717) is 0 Å². The fraction of sp³-hybridized carbons (Fsp3) is 0.133. The number of hydrogen-bond acceptors (Lipinski definition) is 2. The molecule has 2 nitrogen and oxygen atoms in total. The molecule has 0 aliphatic rings. The normalized spacial score (nSPS) is 10.4. The van der Waals surface area contributed by atoms with Crippen LogP contribution in [-0.2, 0) is 9.53 Å². The van der Waals surface area contributed by atoms with Crippen molar-refractivity contribution in [3.05, 3.63) is 71.8 Å². The van der Waals surface area contributed by atoms with Crippen molar-refractivity contribution in [2.45, 2.75) is 6.10 Å². The molecule has 17 heavy (non-hydrogen) atoms. The van der Waals surface area contributed by atoms with Crippen molar-refractivity contribution in [3.63, 3.8) is 0 Å². The Kier molecular flexibility index (Phi) is 4.05. The van der Waals surface area contributed by atoms with Gasteiger partial charge in [0, 0.05) is 0 Å². The number of hydrogen-bond donors (Lipinski definition) is 0. The molecule has 0 saturated carbocycles. The van der Waals surface area contributed by atoms with E-state index in [9.17, 15) is 4.79 Å². The minimum Gasteiger partial charge on any atom is -0.361 e. The predicted molar refractivity (Wildman–Crippen MR) is 66.4 cm³/mol. The van der Waals surface area contributed by atoms with Crippen LogP contribution in [0, 0.1) is 0 Å². The summed E-state index contributed by atoms with van der Waals surface area (Å²) in [6.07, 6.45) is 1.56. The van der Waals surface area contributed by atoms with Crippen molar-refractivity contribution >= 4 is 6.29 Å². The minimum atomic E-state index is -0.209. The SMILES string of the molecule is O=[C]COC(c1ccccc1)c1ccccc1. The van der Waals surface area contributed by atoms with Crippen molar-refractivity contribution in [2.24, 2.45) is 0 Å². The van der Waals surface area contributed by atoms with Crippen molar-refractivity contribution < 1.29 is 9.53 Å². The van der Waals surface area contributed by atoms with E-state index >= 15 is 0 Å². The van der Waals surface area contributed by atoms with E-state index in [0.717, 1.165) is 11.1 Å². The molecule has 2 rings (SSSR count). The van der Waals surface area contributed by atoms with Gasteiger partial charge < -0.3 is 4.74 Å². The van der Waals surface area contributed by atoms with Crippen LogP contribution >= 0.6 is 0 Å². The van der Waals surface area contributed by atoms with Gasteiger partial charge in [-0.05, 0) is 11.1 Å². The van der Waals surface area contributed by atoms with Crippen LogP contribution in [0.15, 0.2) is 60.7 Å². The van der Waals surface area contributed by atoms with E-state index in [2.05, 4.69) is 0 Å². The quantitative estimate of drug-likeness (QED) is 0.782. The first kappa shape index (κ1) is 11.6. The highest BCUT2D eigenvalue weighted by Crippen LogP contribution is 2.25. The molecule has 85 valence electrons. The van der Waals surface area contributed by atoms with Crippen molar-refractivity contribution in [3.8, 4) is 0 Å². The van der Waals surface area contributed by atoms with Crippen LogP contribution in [0.1, 0.15) is 17.2 Å². The zero-order chi connectivity index (χ0) is 11.9. The molecule has 0 bridgehead atoms. The van der Waals surface area contributed by atoms with Gasteiger partial charge in [0.25, 0.3) is 0 Å². The fourth-order valence-corrected chi connectivity index (χ4v) is 1.76. The van der Waals surface area contributed by atoms with E-state index in [-0.39, 0.29) is 12.7 Å². The van der Waals surface area contributed by atoms with Crippen LogP contribution in [0.2, 0.25) is 0 Å². The van der Waals surface area contributed by atoms with Crippen molar-refractivity contribution in [1.82, 2.24) is 0 Å². The van der Waals surface area contributed by atoms with Gasteiger partial charge in [-0.25, -0.2) is 0 Å². The van der Waals surface area contributed by atoms with Gasteiger partial charge in [0.15, 0.2) is 0 Å². The summed E-state index contributed by atoms with van der Waals surface area (Å²) in [5, 5.41) is 0. The molecule has 0 aliphatic carbocycles. The van der Waals surface area contributed by atoms with Crippen LogP contribution in [-0.4, -0.2) is 12.9 Å². The number of carbonyl (C=O) groups excluding carboxylic acids is 1. The van der Waals surface area contributed by atoms with Crippen LogP contribution in [0.4, 0.5) is 0 Å². The van der Waals surface area contributed by atoms with E-state index in [1.807, 2.05) is 60.7 Å². The molecular weight excluding hydrogens is 212 g/mol. The Morgan fingerprint density at radius 3 is 1.76 bits per heavy atom. The van der Waals surface area contributed by atoms with Crippen LogP contribution in [0.3, 0.4) is 0 Å². The number of benzene rings is 2. The Balaban J connectivity index is 2.29. The summed E-state index contributed by atoms with van der Waals surface area (Å²) in [5.74, 6) is 0. The monoisotopic (exact) mass is 225 g/mol. The molecule has 0 N–H and O–H groups in total. The topological polar surface area (TPSA) is 26.3 Å². The zero-order valence-corrected chi connectivity index (χ0v) is 9.37. The fourth-order valence-electron chi connectivity index (χ4n) is 1.76. The molecule has 0 aromatic heterocycles. The van der Waals surface area contributed by atoms with Gasteiger partial charge in [-0.2, -0.15) is 0 Å². The smallest absolute Gasteiger partial charge is 0.226 e. The third-order valence-electron chi connectivity index (χ3n) is 2.51. The highest BCUT2D eigenvalue weighted by Gasteiger charge is 2.13. The summed E-state index contributed by atoms with van der Waals surface area (Å²) in [6.45, 7) is -0.0194. The number of rotatable bonds is 5. The van der Waals surface area contributed by atoms with Gasteiger partial charge in [0.2, 0.25) is 6.29 Å². The third kappa shape index (κ3) is 3.02. The third-order valence-corrected chi connectivity index (χ3v) is 2.51. The van der Waals surface area contributed by atoms with Gasteiger partial charge in [-0.3, -0.25) is 4.79 Å². The second-order valence-electron chi connectivity index (χ2n) is 3.66. The van der Waals surface area contributed by atoms with Crippen LogP contribution in [0.5, 0.6) is 0 Å². The maximum absolute atomic E-state index is 10.3. The number of ether oxygens (including phenoxy) is 1. The summed E-state index contributed by atoms with van der Waals surface area (Å²) in [4.78, 5) is 10.3. The second kappa shape index (κ2) is 5.97. The Hall–Kier alpha value is -1.93. The van der Waals surface area contributed by atoms with Crippen molar-refractivity contribution in [1.29, 1.82) is 0 Å². The maximum Gasteiger partial charge on any atom is 0.226 e. The molecule has 0 fully saturated rings. The second-order valence-corrected chi connectivity index (χ2v) is 3.66. The lowest BCUT2D eigenvalue weighted by Crippen LogP contribution is -2.07. The van der Waals surface area contributed by atoms with E-state index in [4.69, 9.17) is 4.74 Å². The molecule has 0 amide bonds. The molecule has 2 aromatic carbocycles. The lowest BCUT2D eigenvalue weighted by Gasteiger charge is -2.17. The largest absolute Gasteiger partial charge is 0.361 e. The molecule has 0 spiro atoms. The van der Waals surface area contributed by atoms with E-state index in [1.165, 1.54) is 0 Å². The Morgan fingerprint density at radius 1 is 0.882 bits per heavy atom. The van der Waals surface area contributed by atoms with Crippen LogP contribution < -0.4 is 0 Å². The Morgan fingerprint density at radius 2 is 1.35 bits per heavy atom. The zero-order valence-electron chi connectivity index (χ0n) is 9.37. The van der Waals surface area contributed by atoms with E-state index in [1.54, 1.807) is 6.29 Å². The average molecular weight is 225 g/mol. The summed E-state index contributed by atoms with van der Waals surface area (Å²) < 4.78 is 5.54. The average Bonchev–Trinajstić information content (AvgIpc) is 2.42. The van der Waals surface area contributed by atoms with Crippen LogP contribution in [0.25, 0.3) is 0 Å². The predicted octanol–water partition coefficient (Wildman–Crippen LogP) is 2.90. The highest BCUT2D eigenvalue weighted by molar-refractivity contribution is 5.51. The summed E-state index contributed by atoms with van der Waals surface area (Å²) >= 11 is 0. The van der Waals surface area contributed by atoms with Gasteiger partial charge in [-0.1, -0.05) is 60.7 Å². The van der Waals surface area contributed by atoms with Crippen molar-refractivity contribution in [2.75, 3.05) is 6.61 Å². The summed E-state index contributed by atoms with van der Waals surface area (Å²) in [6, 6.07) is 19.7. The molecule has 0 saturated heterocycles. The standard InChI is InChI=1S/C15H13O2/c16-11-12-17-15(13-7-3-1-4-8-13)14-9-5-2-6-10-14/h1-10,15H,12H2. The lowest BCUT2D eigenvalue weighted by molar-refractivity contribution is 0.111. The first-order valence-electron chi connectivity index (χ1n) is 5.48. The molecule has 0 atom stereocenters. The Labute approximate surface area is 101 Å². The lowest BCUT2D eigenvalue weighted by atomic mass is 10.0. The molecule has 0 heterocycles. The Bertz CT molecular complexity index is 411. The van der Waals surface area contributed by atoms with Gasteiger partial charge in [0.05, 0.1) is 0 Å². The molecule has 2 aromatic rings. The van der Waals surface area contributed by atoms with Gasteiger partial charge in [0.1, 0.15) is 12.7 Å². The highest BCUT2D eigenvalue weighted by atomic mass is 16.5. The van der Waals surface area contributed by atoms with Gasteiger partial charge >= 0.3 is 0 Å². The van der Waals surface area contributed by atoms with Gasteiger partial charge in [-0.15, -0.1) is 0 Å². The molecular formula is C15H13O2. The summed E-state index contributed by atoms with van der Waals surface area (Å²) in [5.41, 5.74) is 2.07. The molecule has 0 aliphatic heterocycles.